The fourth-order valence-corrected chi connectivity index (χ4v) is 11.1. The summed E-state index contributed by atoms with van der Waals surface area (Å²) in [4.78, 5) is 117. The van der Waals surface area contributed by atoms with Crippen molar-refractivity contribution in [3.63, 3.8) is 0 Å². The van der Waals surface area contributed by atoms with Gasteiger partial charge in [0, 0.05) is 83.6 Å². The van der Waals surface area contributed by atoms with Gasteiger partial charge in [0.1, 0.15) is 23.4 Å². The molecule has 0 saturated heterocycles. The van der Waals surface area contributed by atoms with Crippen LogP contribution in [-0.4, -0.2) is 183 Å². The molecule has 0 aliphatic rings. The van der Waals surface area contributed by atoms with E-state index < -0.39 is 46.0 Å². The van der Waals surface area contributed by atoms with Crippen molar-refractivity contribution in [3.05, 3.63) is 29.8 Å². The number of nitrogens with zero attached hydrogens (tertiary/aromatic N) is 1. The standard InChI is InChI=1S/C67H116N8O17S/c1-51(2)46-56(78)49-73-57(61(80)50-75(3)59(26-16-17-27-62(68)69)60(79)48-53(66(70)84)47-52-29-31-55(77)32-30-52)25-18-20-37-71-63(81)35-33-54(76)24-19-21-39-90-41-43-92-44-42-91-40-23-38-72-64(82)36-34-58(67(85)86)74-65(83)28-15-13-11-9-7-5-4-6-8-10-12-14-22-45-93(87,88)89/h29-32,51,53,57-59,73,77H,4-28,33-50H2,1-3H3,(H3,68,69)(H2,70,84)(H,71,81)(H,72,82)(H,74,83)(H,85,86)(H,87,88,89)/t53-,57+,58?,59+/m1/s1. The highest BCUT2D eigenvalue weighted by molar-refractivity contribution is 7.85. The number of carbonyl (C=O) groups excluding carboxylic acids is 8. The molecule has 0 aliphatic carbocycles. The quantitative estimate of drug-likeness (QED) is 0.0136. The van der Waals surface area contributed by atoms with Gasteiger partial charge in [-0.3, -0.25) is 53.2 Å². The number of phenols is 1. The van der Waals surface area contributed by atoms with Gasteiger partial charge in [-0.15, -0.1) is 0 Å². The van der Waals surface area contributed by atoms with Crippen LogP contribution in [0.15, 0.2) is 24.3 Å². The van der Waals surface area contributed by atoms with E-state index in [1.54, 1.807) is 24.1 Å². The molecular weight excluding hydrogens is 1220 g/mol. The van der Waals surface area contributed by atoms with Gasteiger partial charge in [0.15, 0.2) is 11.6 Å². The van der Waals surface area contributed by atoms with Crippen LogP contribution in [-0.2, 0) is 73.9 Å². The second kappa shape index (κ2) is 53.5. The summed E-state index contributed by atoms with van der Waals surface area (Å²) in [6, 6.07) is 3.69. The van der Waals surface area contributed by atoms with Crippen LogP contribution in [0.5, 0.6) is 5.75 Å². The van der Waals surface area contributed by atoms with Crippen LogP contribution in [0.4, 0.5) is 0 Å². The topological polar surface area (TPSA) is 403 Å². The molecule has 93 heavy (non-hydrogen) atoms. The summed E-state index contributed by atoms with van der Waals surface area (Å²) in [5.74, 6) is -4.07. The van der Waals surface area contributed by atoms with Gasteiger partial charge in [-0.05, 0) is 108 Å². The number of ketones is 4. The number of aromatic hydroxyl groups is 1. The highest BCUT2D eigenvalue weighted by Gasteiger charge is 2.31. The zero-order chi connectivity index (χ0) is 69.1. The minimum absolute atomic E-state index is 0.00910. The van der Waals surface area contributed by atoms with Crippen molar-refractivity contribution >= 4 is 68.7 Å². The van der Waals surface area contributed by atoms with E-state index in [1.807, 2.05) is 13.8 Å². The van der Waals surface area contributed by atoms with Crippen LogP contribution in [0.2, 0.25) is 0 Å². The van der Waals surface area contributed by atoms with Crippen LogP contribution in [0.1, 0.15) is 218 Å². The van der Waals surface area contributed by atoms with Gasteiger partial charge in [-0.25, -0.2) is 4.79 Å². The Morgan fingerprint density at radius 3 is 1.66 bits per heavy atom. The predicted octanol–water partition coefficient (Wildman–Crippen LogP) is 7.00. The van der Waals surface area contributed by atoms with Gasteiger partial charge < -0.3 is 57.2 Å². The number of aliphatic carboxylic acids is 1. The number of carboxylic acid groups (broad SMARTS) is 1. The minimum atomic E-state index is -3.86. The number of carboxylic acids is 1. The lowest BCUT2D eigenvalue weighted by Gasteiger charge is -2.29. The monoisotopic (exact) mass is 1340 g/mol. The van der Waals surface area contributed by atoms with Crippen molar-refractivity contribution in [1.29, 1.82) is 5.41 Å². The Bertz CT molecular complexity index is 2430. The molecule has 0 bridgehead atoms. The Kier molecular flexibility index (Phi) is 49.0. The summed E-state index contributed by atoms with van der Waals surface area (Å²) in [5.41, 5.74) is 12.0. The molecule has 0 fully saturated rings. The van der Waals surface area contributed by atoms with E-state index in [4.69, 9.17) is 35.6 Å². The number of nitrogens with two attached hydrogens (primary N) is 2. The maximum Gasteiger partial charge on any atom is 0.326 e. The lowest BCUT2D eigenvalue weighted by molar-refractivity contribution is -0.142. The third-order valence-corrected chi connectivity index (χ3v) is 16.6. The molecule has 532 valence electrons. The van der Waals surface area contributed by atoms with E-state index in [0.717, 1.165) is 76.2 Å². The van der Waals surface area contributed by atoms with Gasteiger partial charge in [-0.2, -0.15) is 8.42 Å². The van der Waals surface area contributed by atoms with E-state index >= 15 is 0 Å². The summed E-state index contributed by atoms with van der Waals surface area (Å²) in [6.45, 7) is 6.68. The second-order valence-electron chi connectivity index (χ2n) is 24.9. The number of hydrogen-bond acceptors (Lipinski definition) is 18. The van der Waals surface area contributed by atoms with Crippen molar-refractivity contribution in [3.8, 4) is 5.75 Å². The van der Waals surface area contributed by atoms with E-state index in [1.165, 1.54) is 12.1 Å². The summed E-state index contributed by atoms with van der Waals surface area (Å²) in [5, 5.41) is 38.2. The van der Waals surface area contributed by atoms with Gasteiger partial charge in [-0.1, -0.05) is 103 Å². The van der Waals surface area contributed by atoms with Gasteiger partial charge >= 0.3 is 5.97 Å². The van der Waals surface area contributed by atoms with Crippen molar-refractivity contribution in [1.82, 2.24) is 26.2 Å². The predicted molar refractivity (Wildman–Crippen MR) is 357 cm³/mol. The number of Topliss-reactive ketones (excluding diaryl/α,β-unsaturated/α-hetero) is 4. The summed E-state index contributed by atoms with van der Waals surface area (Å²) < 4.78 is 47.0. The first kappa shape index (κ1) is 85.2. The number of ether oxygens (including phenoxy) is 3. The molecule has 0 spiro atoms. The number of nitrogens with one attached hydrogen (secondary N) is 5. The van der Waals surface area contributed by atoms with E-state index in [0.29, 0.717) is 143 Å². The molecule has 12 N–H and O–H groups in total. The van der Waals surface area contributed by atoms with Crippen LogP contribution >= 0.6 is 0 Å². The maximum atomic E-state index is 14.0. The average molecular weight is 1340 g/mol. The number of carbonyl (C=O) groups is 9. The summed E-state index contributed by atoms with van der Waals surface area (Å²) in [7, 11) is -2.19. The highest BCUT2D eigenvalue weighted by Crippen LogP contribution is 2.21. The number of benzene rings is 1. The minimum Gasteiger partial charge on any atom is -0.508 e. The molecule has 26 heteroatoms. The number of likely N-dealkylation sites (N-methyl/N-ethyl adjacent to an activating group) is 1. The Hall–Kier alpha value is -5.77. The number of rotatable bonds is 64. The molecular formula is C67H116N8O17S. The Balaban J connectivity index is 2.25. The van der Waals surface area contributed by atoms with Crippen molar-refractivity contribution in [2.45, 2.75) is 237 Å². The van der Waals surface area contributed by atoms with E-state index in [-0.39, 0.29) is 122 Å². The lowest BCUT2D eigenvalue weighted by atomic mass is 9.89. The first-order valence-electron chi connectivity index (χ1n) is 34.0. The van der Waals surface area contributed by atoms with Crippen molar-refractivity contribution in [2.24, 2.45) is 23.3 Å². The molecule has 0 aromatic heterocycles. The van der Waals surface area contributed by atoms with E-state index in [9.17, 15) is 61.8 Å². The number of primary amides is 1. The van der Waals surface area contributed by atoms with Crippen LogP contribution < -0.4 is 32.7 Å². The van der Waals surface area contributed by atoms with Gasteiger partial charge in [0.05, 0.1) is 63.2 Å². The van der Waals surface area contributed by atoms with E-state index in [2.05, 4.69) is 21.3 Å². The summed E-state index contributed by atoms with van der Waals surface area (Å²) >= 11 is 0. The largest absolute Gasteiger partial charge is 0.508 e. The highest BCUT2D eigenvalue weighted by atomic mass is 32.2. The van der Waals surface area contributed by atoms with Gasteiger partial charge in [0.2, 0.25) is 23.6 Å². The normalized spacial score (nSPS) is 12.9. The van der Waals surface area contributed by atoms with Gasteiger partial charge in [0.25, 0.3) is 10.1 Å². The van der Waals surface area contributed by atoms with Crippen LogP contribution in [0.3, 0.4) is 0 Å². The second-order valence-corrected chi connectivity index (χ2v) is 26.5. The molecule has 0 radical (unpaired) electrons. The number of unbranched alkanes of at least 4 members (excludes halogenated alkanes) is 15. The number of hydrogen-bond donors (Lipinski definition) is 10. The van der Waals surface area contributed by atoms with Crippen LogP contribution in [0.25, 0.3) is 0 Å². The Morgan fingerprint density at radius 2 is 1.09 bits per heavy atom. The zero-order valence-electron chi connectivity index (χ0n) is 56.2. The smallest absolute Gasteiger partial charge is 0.326 e. The molecule has 1 unspecified atom stereocenters. The maximum absolute atomic E-state index is 14.0. The van der Waals surface area contributed by atoms with Crippen molar-refractivity contribution < 1.29 is 80.5 Å². The third-order valence-electron chi connectivity index (χ3n) is 15.8. The third kappa shape index (κ3) is 49.4. The Labute approximate surface area is 553 Å². The molecule has 4 amide bonds. The lowest BCUT2D eigenvalue weighted by Crippen LogP contribution is -2.48. The first-order chi connectivity index (χ1) is 44.4. The molecule has 0 heterocycles. The molecule has 0 aliphatic heterocycles. The fraction of sp³-hybridized carbons (Fsp3) is 0.761. The molecule has 1 rings (SSSR count). The SMILES string of the molecule is CC(C)CC(=O)CN[C@@H](CCCCNC(=O)CCC(=O)CCCCOCCOCCOCCCNC(=O)CCC(NC(=O)CCCCCCCCCCCCCCCS(=O)(=O)O)C(=O)O)C(=O)CN(C)[C@@H](CCCCC(=N)N)C(=O)C[C@@H](Cc1ccc(O)cc1)C(N)=O. The number of amides is 4. The summed E-state index contributed by atoms with van der Waals surface area (Å²) in [6.07, 6.45) is 18.7. The zero-order valence-corrected chi connectivity index (χ0v) is 57.0. The van der Waals surface area contributed by atoms with Crippen LogP contribution in [0, 0.1) is 17.2 Å². The molecule has 1 aromatic carbocycles. The molecule has 25 nitrogen and oxygen atoms in total. The number of amidine groups is 1. The molecule has 4 atom stereocenters. The number of phenolic OH excluding ortho intramolecular Hbond substituents is 1. The average Bonchev–Trinajstić information content (AvgIpc) is 1.19. The molecule has 0 saturated carbocycles. The fourth-order valence-electron chi connectivity index (χ4n) is 10.5. The Morgan fingerprint density at radius 1 is 0.559 bits per heavy atom. The molecule has 1 aromatic rings. The first-order valence-corrected chi connectivity index (χ1v) is 35.6. The van der Waals surface area contributed by atoms with Crippen molar-refractivity contribution in [2.75, 3.05) is 78.6 Å².